The van der Waals surface area contributed by atoms with Crippen LogP contribution in [-0.4, -0.2) is 29.1 Å². The van der Waals surface area contributed by atoms with Crippen molar-refractivity contribution in [3.63, 3.8) is 0 Å². The zero-order chi connectivity index (χ0) is 15.2. The predicted molar refractivity (Wildman–Crippen MR) is 74.9 cm³/mol. The summed E-state index contributed by atoms with van der Waals surface area (Å²) >= 11 is 0. The number of pyridine rings is 1. The fraction of sp³-hybridized carbons (Fsp3) is 0.133. The highest BCUT2D eigenvalue weighted by Gasteiger charge is 2.09. The molecule has 0 spiro atoms. The van der Waals surface area contributed by atoms with Gasteiger partial charge in [-0.2, -0.15) is 0 Å². The van der Waals surface area contributed by atoms with E-state index in [1.807, 2.05) is 0 Å². The molecular formula is C15H14N2O4. The smallest absolute Gasteiger partial charge is 0.337 e. The minimum Gasteiger partial charge on any atom is -0.508 e. The van der Waals surface area contributed by atoms with Gasteiger partial charge in [0, 0.05) is 11.8 Å². The van der Waals surface area contributed by atoms with Gasteiger partial charge in [-0.1, -0.05) is 6.07 Å². The first kappa shape index (κ1) is 14.5. The van der Waals surface area contributed by atoms with Crippen LogP contribution in [0.2, 0.25) is 0 Å². The number of carbonyl (C=O) groups is 2. The molecule has 0 saturated heterocycles. The van der Waals surface area contributed by atoms with Crippen molar-refractivity contribution in [2.45, 2.75) is 6.54 Å². The summed E-state index contributed by atoms with van der Waals surface area (Å²) in [5.41, 5.74) is 1.25. The molecule has 108 valence electrons. The van der Waals surface area contributed by atoms with E-state index in [2.05, 4.69) is 15.0 Å². The lowest BCUT2D eigenvalue weighted by atomic mass is 10.2. The van der Waals surface area contributed by atoms with E-state index in [4.69, 9.17) is 0 Å². The van der Waals surface area contributed by atoms with Gasteiger partial charge >= 0.3 is 5.97 Å². The summed E-state index contributed by atoms with van der Waals surface area (Å²) in [7, 11) is 1.30. The first-order valence-electron chi connectivity index (χ1n) is 6.20. The Morgan fingerprint density at radius 1 is 1.24 bits per heavy atom. The summed E-state index contributed by atoms with van der Waals surface area (Å²) in [6.45, 7) is 0.166. The molecule has 2 N–H and O–H groups in total. The molecule has 0 bridgehead atoms. The van der Waals surface area contributed by atoms with Gasteiger partial charge in [0.1, 0.15) is 5.75 Å². The summed E-state index contributed by atoms with van der Waals surface area (Å²) in [6, 6.07) is 9.11. The van der Waals surface area contributed by atoms with Gasteiger partial charge in [-0.3, -0.25) is 9.78 Å². The van der Waals surface area contributed by atoms with Crippen LogP contribution in [0, 0.1) is 0 Å². The molecule has 0 unspecified atom stereocenters. The minimum absolute atomic E-state index is 0.0217. The minimum atomic E-state index is -0.460. The summed E-state index contributed by atoms with van der Waals surface area (Å²) in [4.78, 5) is 27.4. The second-order valence-electron chi connectivity index (χ2n) is 4.26. The van der Waals surface area contributed by atoms with Crippen LogP contribution < -0.4 is 5.32 Å². The summed E-state index contributed by atoms with van der Waals surface area (Å²) in [6.07, 6.45) is 1.47. The standard InChI is InChI=1S/C15H14N2O4/c1-21-15(20)11-5-6-16-12(7-11)9-17-14(19)10-3-2-4-13(18)8-10/h2-8,18H,9H2,1H3,(H,17,19). The molecule has 2 rings (SSSR count). The highest BCUT2D eigenvalue weighted by Crippen LogP contribution is 2.11. The molecule has 0 saturated carbocycles. The molecule has 0 fully saturated rings. The van der Waals surface area contributed by atoms with Crippen LogP contribution in [0.15, 0.2) is 42.6 Å². The number of aromatic hydroxyl groups is 1. The van der Waals surface area contributed by atoms with Gasteiger partial charge in [0.2, 0.25) is 0 Å². The second kappa shape index (κ2) is 6.51. The topological polar surface area (TPSA) is 88.5 Å². The summed E-state index contributed by atoms with van der Waals surface area (Å²) < 4.78 is 4.62. The maximum absolute atomic E-state index is 11.9. The van der Waals surface area contributed by atoms with E-state index in [1.54, 1.807) is 18.2 Å². The first-order valence-corrected chi connectivity index (χ1v) is 6.20. The third-order valence-electron chi connectivity index (χ3n) is 2.78. The van der Waals surface area contributed by atoms with E-state index in [1.165, 1.54) is 31.5 Å². The molecule has 2 aromatic rings. The van der Waals surface area contributed by atoms with Crippen molar-refractivity contribution in [2.24, 2.45) is 0 Å². The predicted octanol–water partition coefficient (Wildman–Crippen LogP) is 1.50. The number of rotatable bonds is 4. The van der Waals surface area contributed by atoms with E-state index < -0.39 is 5.97 Å². The highest BCUT2D eigenvalue weighted by atomic mass is 16.5. The van der Waals surface area contributed by atoms with Gasteiger partial charge in [0.25, 0.3) is 5.91 Å². The van der Waals surface area contributed by atoms with Crippen LogP contribution in [0.1, 0.15) is 26.4 Å². The number of methoxy groups -OCH3 is 1. The third-order valence-corrected chi connectivity index (χ3v) is 2.78. The van der Waals surface area contributed by atoms with E-state index in [0.717, 1.165) is 0 Å². The Kier molecular flexibility index (Phi) is 4.50. The van der Waals surface area contributed by atoms with Gasteiger partial charge < -0.3 is 15.2 Å². The summed E-state index contributed by atoms with van der Waals surface area (Å²) in [5, 5.41) is 12.0. The van der Waals surface area contributed by atoms with Crippen molar-refractivity contribution in [1.29, 1.82) is 0 Å². The zero-order valence-corrected chi connectivity index (χ0v) is 11.4. The van der Waals surface area contributed by atoms with Crippen molar-refractivity contribution < 1.29 is 19.4 Å². The molecule has 1 heterocycles. The fourth-order valence-electron chi connectivity index (χ4n) is 1.74. The first-order chi connectivity index (χ1) is 10.1. The molecule has 1 aromatic carbocycles. The lowest BCUT2D eigenvalue weighted by molar-refractivity contribution is 0.0600. The highest BCUT2D eigenvalue weighted by molar-refractivity contribution is 5.94. The van der Waals surface area contributed by atoms with Crippen LogP contribution in [0.5, 0.6) is 5.75 Å². The molecule has 1 amide bonds. The van der Waals surface area contributed by atoms with Crippen LogP contribution in [-0.2, 0) is 11.3 Å². The van der Waals surface area contributed by atoms with Gasteiger partial charge in [-0.15, -0.1) is 0 Å². The molecule has 0 aliphatic carbocycles. The Hall–Kier alpha value is -2.89. The van der Waals surface area contributed by atoms with Crippen molar-refractivity contribution >= 4 is 11.9 Å². The van der Waals surface area contributed by atoms with Crippen molar-refractivity contribution in [1.82, 2.24) is 10.3 Å². The number of esters is 1. The maximum Gasteiger partial charge on any atom is 0.337 e. The van der Waals surface area contributed by atoms with Gasteiger partial charge in [0.05, 0.1) is 24.9 Å². The van der Waals surface area contributed by atoms with Gasteiger partial charge in [-0.25, -0.2) is 4.79 Å². The fourth-order valence-corrected chi connectivity index (χ4v) is 1.74. The monoisotopic (exact) mass is 286 g/mol. The van der Waals surface area contributed by atoms with Crippen LogP contribution in [0.25, 0.3) is 0 Å². The quantitative estimate of drug-likeness (QED) is 0.832. The average molecular weight is 286 g/mol. The lowest BCUT2D eigenvalue weighted by Gasteiger charge is -2.06. The number of nitrogens with zero attached hydrogens (tertiary/aromatic N) is 1. The Morgan fingerprint density at radius 2 is 2.05 bits per heavy atom. The normalized spacial score (nSPS) is 9.95. The number of phenols is 1. The van der Waals surface area contributed by atoms with Crippen LogP contribution >= 0.6 is 0 Å². The molecule has 0 aliphatic heterocycles. The Morgan fingerprint density at radius 3 is 2.76 bits per heavy atom. The Balaban J connectivity index is 2.03. The third kappa shape index (κ3) is 3.79. The van der Waals surface area contributed by atoms with E-state index in [-0.39, 0.29) is 18.2 Å². The number of aromatic nitrogens is 1. The SMILES string of the molecule is COC(=O)c1ccnc(CNC(=O)c2cccc(O)c2)c1. The van der Waals surface area contributed by atoms with Crippen molar-refractivity contribution in [2.75, 3.05) is 7.11 Å². The van der Waals surface area contributed by atoms with Crippen LogP contribution in [0.4, 0.5) is 0 Å². The van der Waals surface area contributed by atoms with Gasteiger partial charge in [-0.05, 0) is 30.3 Å². The zero-order valence-electron chi connectivity index (χ0n) is 11.4. The van der Waals surface area contributed by atoms with Crippen molar-refractivity contribution in [3.05, 3.63) is 59.4 Å². The molecule has 6 heteroatoms. The number of nitrogens with one attached hydrogen (secondary N) is 1. The molecular weight excluding hydrogens is 272 g/mol. The molecule has 0 radical (unpaired) electrons. The number of benzene rings is 1. The Bertz CT molecular complexity index is 670. The number of ether oxygens (including phenoxy) is 1. The van der Waals surface area contributed by atoms with Crippen molar-refractivity contribution in [3.8, 4) is 5.75 Å². The lowest BCUT2D eigenvalue weighted by Crippen LogP contribution is -2.23. The van der Waals surface area contributed by atoms with Gasteiger partial charge in [0.15, 0.2) is 0 Å². The van der Waals surface area contributed by atoms with Crippen LogP contribution in [0.3, 0.4) is 0 Å². The van der Waals surface area contributed by atoms with E-state index in [9.17, 15) is 14.7 Å². The Labute approximate surface area is 121 Å². The molecule has 0 aliphatic rings. The van der Waals surface area contributed by atoms with E-state index in [0.29, 0.717) is 16.8 Å². The number of hydrogen-bond acceptors (Lipinski definition) is 5. The number of phenolic OH excluding ortho intramolecular Hbond substituents is 1. The van der Waals surface area contributed by atoms with E-state index >= 15 is 0 Å². The molecule has 1 aromatic heterocycles. The average Bonchev–Trinajstić information content (AvgIpc) is 2.52. The number of amides is 1. The summed E-state index contributed by atoms with van der Waals surface area (Å²) in [5.74, 6) is -0.775. The number of carbonyl (C=O) groups excluding carboxylic acids is 2. The maximum atomic E-state index is 11.9. The number of hydrogen-bond donors (Lipinski definition) is 2. The molecule has 0 atom stereocenters. The molecule has 21 heavy (non-hydrogen) atoms. The molecule has 6 nitrogen and oxygen atoms in total. The second-order valence-corrected chi connectivity index (χ2v) is 4.26. The largest absolute Gasteiger partial charge is 0.508 e.